The molecule has 0 fully saturated rings. The Bertz CT molecular complexity index is 531. The van der Waals surface area contributed by atoms with Crippen LogP contribution in [-0.2, 0) is 11.3 Å². The minimum atomic E-state index is -0.578. The van der Waals surface area contributed by atoms with Crippen LogP contribution in [0.25, 0.3) is 0 Å². The summed E-state index contributed by atoms with van der Waals surface area (Å²) >= 11 is 0. The fourth-order valence-corrected chi connectivity index (χ4v) is 1.46. The van der Waals surface area contributed by atoms with E-state index in [0.717, 1.165) is 0 Å². The maximum atomic E-state index is 11.3. The number of rotatable bonds is 7. The van der Waals surface area contributed by atoms with Crippen LogP contribution in [0.1, 0.15) is 26.5 Å². The van der Waals surface area contributed by atoms with E-state index in [2.05, 4.69) is 10.6 Å². The molecule has 0 unspecified atom stereocenters. The van der Waals surface area contributed by atoms with E-state index >= 15 is 0 Å². The molecular formula is C14H21N3O5. The average molecular weight is 311 g/mol. The van der Waals surface area contributed by atoms with Crippen LogP contribution in [0.5, 0.6) is 0 Å². The van der Waals surface area contributed by atoms with Crippen LogP contribution in [0.4, 0.5) is 10.7 Å². The first-order chi connectivity index (χ1) is 10.3. The van der Waals surface area contributed by atoms with Crippen molar-refractivity contribution in [3.05, 3.63) is 40.2 Å². The fraction of sp³-hybridized carbons (Fsp3) is 0.500. The van der Waals surface area contributed by atoms with Gasteiger partial charge in [0.2, 0.25) is 0 Å². The summed E-state index contributed by atoms with van der Waals surface area (Å²) in [5.74, 6) is 0.223. The molecular weight excluding hydrogens is 290 g/mol. The van der Waals surface area contributed by atoms with Gasteiger partial charge in [0.05, 0.1) is 12.6 Å². The first-order valence-corrected chi connectivity index (χ1v) is 6.83. The number of amides is 1. The lowest BCUT2D eigenvalue weighted by atomic mass is 10.2. The first-order valence-electron chi connectivity index (χ1n) is 6.83. The Morgan fingerprint density at radius 3 is 2.64 bits per heavy atom. The molecule has 1 heterocycles. The summed E-state index contributed by atoms with van der Waals surface area (Å²) in [6.45, 7) is 6.69. The molecule has 0 aliphatic carbocycles. The molecule has 0 radical (unpaired) electrons. The summed E-state index contributed by atoms with van der Waals surface area (Å²) in [5.41, 5.74) is -0.513. The van der Waals surface area contributed by atoms with Crippen LogP contribution < -0.4 is 10.6 Å². The molecule has 0 spiro atoms. The summed E-state index contributed by atoms with van der Waals surface area (Å²) < 4.78 is 10.1. The van der Waals surface area contributed by atoms with E-state index in [4.69, 9.17) is 9.15 Å². The van der Waals surface area contributed by atoms with E-state index in [9.17, 15) is 14.9 Å². The molecule has 1 rings (SSSR count). The standard InChI is InChI=1S/C14H21N3O5/c1-14(2,3)22-13(18)16-9-5-4-8-15-10-11-6-7-12(21-11)17(19)20/h4-7,15H,8-10H2,1-3H3,(H,16,18)/b5-4+. The third-order valence-electron chi connectivity index (χ3n) is 2.32. The molecule has 2 N–H and O–H groups in total. The van der Waals surface area contributed by atoms with Crippen molar-refractivity contribution in [1.82, 2.24) is 10.6 Å². The number of hydrogen-bond acceptors (Lipinski definition) is 6. The topological polar surface area (TPSA) is 107 Å². The normalized spacial score (nSPS) is 11.6. The molecule has 0 saturated heterocycles. The van der Waals surface area contributed by atoms with Gasteiger partial charge >= 0.3 is 12.0 Å². The van der Waals surface area contributed by atoms with E-state index in [1.165, 1.54) is 6.07 Å². The second-order valence-corrected chi connectivity index (χ2v) is 5.48. The molecule has 8 heteroatoms. The molecule has 22 heavy (non-hydrogen) atoms. The van der Waals surface area contributed by atoms with Gasteiger partial charge in [-0.1, -0.05) is 12.2 Å². The van der Waals surface area contributed by atoms with Gasteiger partial charge < -0.3 is 19.8 Å². The van der Waals surface area contributed by atoms with Crippen LogP contribution in [0, 0.1) is 10.1 Å². The predicted molar refractivity (Wildman–Crippen MR) is 80.4 cm³/mol. The highest BCUT2D eigenvalue weighted by molar-refractivity contribution is 5.67. The smallest absolute Gasteiger partial charge is 0.433 e. The van der Waals surface area contributed by atoms with E-state index < -0.39 is 16.6 Å². The predicted octanol–water partition coefficient (Wildman–Crippen LogP) is 2.36. The summed E-state index contributed by atoms with van der Waals surface area (Å²) in [6, 6.07) is 2.87. The monoisotopic (exact) mass is 311 g/mol. The average Bonchev–Trinajstić information content (AvgIpc) is 2.84. The second-order valence-electron chi connectivity index (χ2n) is 5.48. The van der Waals surface area contributed by atoms with Crippen molar-refractivity contribution in [3.8, 4) is 0 Å². The lowest BCUT2D eigenvalue weighted by Crippen LogP contribution is -2.32. The quantitative estimate of drug-likeness (QED) is 0.346. The van der Waals surface area contributed by atoms with Gasteiger partial charge in [0.15, 0.2) is 0 Å². The third-order valence-corrected chi connectivity index (χ3v) is 2.32. The van der Waals surface area contributed by atoms with Crippen molar-refractivity contribution >= 4 is 12.0 Å². The molecule has 0 aromatic carbocycles. The zero-order valence-corrected chi connectivity index (χ0v) is 12.9. The largest absolute Gasteiger partial charge is 0.444 e. The Labute approximate surface area is 128 Å². The Hall–Kier alpha value is -2.35. The van der Waals surface area contributed by atoms with Crippen LogP contribution in [0.15, 0.2) is 28.7 Å². The molecule has 0 saturated carbocycles. The van der Waals surface area contributed by atoms with E-state index in [-0.39, 0.29) is 5.88 Å². The van der Waals surface area contributed by atoms with Crippen molar-refractivity contribution in [3.63, 3.8) is 0 Å². The van der Waals surface area contributed by atoms with E-state index in [1.54, 1.807) is 32.9 Å². The Morgan fingerprint density at radius 2 is 2.05 bits per heavy atom. The van der Waals surface area contributed by atoms with Crippen molar-refractivity contribution < 1.29 is 18.9 Å². The number of hydrogen-bond donors (Lipinski definition) is 2. The molecule has 122 valence electrons. The SMILES string of the molecule is CC(C)(C)OC(=O)NC/C=C/CNCc1ccc([N+](=O)[O-])o1. The van der Waals surface area contributed by atoms with Gasteiger partial charge in [0, 0.05) is 13.1 Å². The van der Waals surface area contributed by atoms with Crippen LogP contribution >= 0.6 is 0 Å². The highest BCUT2D eigenvalue weighted by atomic mass is 16.6. The Kier molecular flexibility index (Phi) is 6.58. The van der Waals surface area contributed by atoms with Crippen LogP contribution in [0.2, 0.25) is 0 Å². The molecule has 0 atom stereocenters. The molecule has 1 aromatic heterocycles. The number of ether oxygens (including phenoxy) is 1. The Balaban J connectivity index is 2.14. The van der Waals surface area contributed by atoms with Gasteiger partial charge in [-0.05, 0) is 26.8 Å². The number of nitrogens with zero attached hydrogens (tertiary/aromatic N) is 1. The Morgan fingerprint density at radius 1 is 1.36 bits per heavy atom. The van der Waals surface area contributed by atoms with Gasteiger partial charge in [-0.15, -0.1) is 0 Å². The van der Waals surface area contributed by atoms with Crippen molar-refractivity contribution in [2.24, 2.45) is 0 Å². The molecule has 0 aliphatic rings. The minimum absolute atomic E-state index is 0.270. The molecule has 1 amide bonds. The lowest BCUT2D eigenvalue weighted by Gasteiger charge is -2.19. The van der Waals surface area contributed by atoms with Gasteiger partial charge in [0.1, 0.15) is 16.3 Å². The van der Waals surface area contributed by atoms with Crippen molar-refractivity contribution in [1.29, 1.82) is 0 Å². The maximum Gasteiger partial charge on any atom is 0.433 e. The van der Waals surface area contributed by atoms with Gasteiger partial charge in [-0.3, -0.25) is 10.1 Å². The number of carbonyl (C=O) groups excluding carboxylic acids is 1. The summed E-state index contributed by atoms with van der Waals surface area (Å²) in [5, 5.41) is 16.1. The molecule has 1 aromatic rings. The van der Waals surface area contributed by atoms with Crippen LogP contribution in [-0.4, -0.2) is 29.7 Å². The summed E-state index contributed by atoms with van der Waals surface area (Å²) in [6.07, 6.45) is 3.14. The van der Waals surface area contributed by atoms with Gasteiger partial charge in [0.25, 0.3) is 0 Å². The maximum absolute atomic E-state index is 11.3. The van der Waals surface area contributed by atoms with E-state index in [1.807, 2.05) is 6.08 Å². The number of nitrogens with one attached hydrogen (secondary N) is 2. The molecule has 8 nitrogen and oxygen atoms in total. The molecule has 0 bridgehead atoms. The minimum Gasteiger partial charge on any atom is -0.444 e. The van der Waals surface area contributed by atoms with Gasteiger partial charge in [-0.2, -0.15) is 0 Å². The number of alkyl carbamates (subject to hydrolysis) is 1. The highest BCUT2D eigenvalue weighted by Gasteiger charge is 2.15. The fourth-order valence-electron chi connectivity index (χ4n) is 1.46. The zero-order chi connectivity index (χ0) is 16.6. The zero-order valence-electron chi connectivity index (χ0n) is 12.9. The second kappa shape index (κ2) is 8.18. The van der Waals surface area contributed by atoms with Crippen molar-refractivity contribution in [2.45, 2.75) is 32.9 Å². The first kappa shape index (κ1) is 17.7. The van der Waals surface area contributed by atoms with Gasteiger partial charge in [-0.25, -0.2) is 4.79 Å². The number of carbonyl (C=O) groups is 1. The third kappa shape index (κ3) is 7.44. The summed E-state index contributed by atoms with van der Waals surface area (Å²) in [7, 11) is 0. The van der Waals surface area contributed by atoms with E-state index in [0.29, 0.717) is 25.4 Å². The molecule has 0 aliphatic heterocycles. The van der Waals surface area contributed by atoms with Crippen LogP contribution in [0.3, 0.4) is 0 Å². The van der Waals surface area contributed by atoms with Crippen molar-refractivity contribution in [2.75, 3.05) is 13.1 Å². The highest BCUT2D eigenvalue weighted by Crippen LogP contribution is 2.14. The number of furan rings is 1. The lowest BCUT2D eigenvalue weighted by molar-refractivity contribution is -0.402. The summed E-state index contributed by atoms with van der Waals surface area (Å²) in [4.78, 5) is 21.2. The number of nitro groups is 1.